The highest BCUT2D eigenvalue weighted by Gasteiger charge is 2.27. The van der Waals surface area contributed by atoms with Gasteiger partial charge in [0, 0.05) is 6.54 Å². The molecule has 1 fully saturated rings. The molecule has 146 valence electrons. The third-order valence-corrected chi connectivity index (χ3v) is 5.23. The molecule has 1 aliphatic rings. The van der Waals surface area contributed by atoms with Gasteiger partial charge in [0.2, 0.25) is 0 Å². The molecule has 0 spiro atoms. The fraction of sp³-hybridized carbons (Fsp3) is 0.500. The minimum atomic E-state index is -0.116. The number of hydrogen-bond acceptors (Lipinski definition) is 4. The van der Waals surface area contributed by atoms with Crippen LogP contribution in [0.2, 0.25) is 0 Å². The number of nitrogens with one attached hydrogen (secondary N) is 1. The first-order chi connectivity index (χ1) is 13.0. The van der Waals surface area contributed by atoms with Crippen LogP contribution in [0.3, 0.4) is 0 Å². The number of carbonyl (C=O) groups is 1. The maximum absolute atomic E-state index is 12.3. The Morgan fingerprint density at radius 1 is 1.19 bits per heavy atom. The van der Waals surface area contributed by atoms with E-state index in [4.69, 9.17) is 9.15 Å². The van der Waals surface area contributed by atoms with Crippen LogP contribution in [0.4, 0.5) is 0 Å². The number of rotatable bonds is 7. The normalized spacial score (nSPS) is 16.9. The van der Waals surface area contributed by atoms with Gasteiger partial charge in [-0.1, -0.05) is 24.6 Å². The number of nitrogens with zero attached hydrogens (tertiary/aromatic N) is 1. The highest BCUT2D eigenvalue weighted by atomic mass is 16.5. The maximum atomic E-state index is 12.3. The minimum absolute atomic E-state index is 0.0179. The molecule has 5 heteroatoms. The Hall–Kier alpha value is -2.27. The fourth-order valence-corrected chi connectivity index (χ4v) is 3.43. The average Bonchev–Trinajstić information content (AvgIpc) is 3.09. The van der Waals surface area contributed by atoms with E-state index in [2.05, 4.69) is 17.1 Å². The summed E-state index contributed by atoms with van der Waals surface area (Å²) in [6, 6.07) is 11.8. The van der Waals surface area contributed by atoms with Gasteiger partial charge >= 0.3 is 0 Å². The van der Waals surface area contributed by atoms with Crippen LogP contribution in [0, 0.1) is 19.8 Å². The highest BCUT2D eigenvalue weighted by molar-refractivity contribution is 5.77. The Balaban J connectivity index is 1.55. The van der Waals surface area contributed by atoms with Crippen molar-refractivity contribution in [1.29, 1.82) is 0 Å². The van der Waals surface area contributed by atoms with E-state index in [1.165, 1.54) is 18.4 Å². The van der Waals surface area contributed by atoms with E-state index < -0.39 is 0 Å². The number of furan rings is 1. The summed E-state index contributed by atoms with van der Waals surface area (Å²) in [7, 11) is 0. The summed E-state index contributed by atoms with van der Waals surface area (Å²) in [5.74, 6) is 3.17. The number of aryl methyl sites for hydroxylation is 2. The zero-order valence-corrected chi connectivity index (χ0v) is 16.5. The van der Waals surface area contributed by atoms with Crippen LogP contribution >= 0.6 is 0 Å². The second-order valence-electron chi connectivity index (χ2n) is 7.59. The molecular weight excluding hydrogens is 340 g/mol. The van der Waals surface area contributed by atoms with E-state index in [-0.39, 0.29) is 18.6 Å². The summed E-state index contributed by atoms with van der Waals surface area (Å²) in [5.41, 5.74) is 1.17. The Labute approximate surface area is 161 Å². The quantitative estimate of drug-likeness (QED) is 0.804. The molecule has 0 aliphatic carbocycles. The van der Waals surface area contributed by atoms with Crippen molar-refractivity contribution in [3.05, 3.63) is 53.5 Å². The predicted molar refractivity (Wildman–Crippen MR) is 106 cm³/mol. The van der Waals surface area contributed by atoms with Crippen molar-refractivity contribution in [3.63, 3.8) is 0 Å². The van der Waals surface area contributed by atoms with Gasteiger partial charge < -0.3 is 14.5 Å². The summed E-state index contributed by atoms with van der Waals surface area (Å²) >= 11 is 0. The number of benzene rings is 1. The lowest BCUT2D eigenvalue weighted by atomic mass is 9.97. The second kappa shape index (κ2) is 9.09. The van der Waals surface area contributed by atoms with Crippen molar-refractivity contribution in [3.8, 4) is 5.75 Å². The Bertz CT molecular complexity index is 730. The molecule has 1 aromatic heterocycles. The molecule has 2 aromatic rings. The van der Waals surface area contributed by atoms with Crippen molar-refractivity contribution in [2.45, 2.75) is 39.7 Å². The summed E-state index contributed by atoms with van der Waals surface area (Å²) in [4.78, 5) is 14.7. The molecule has 0 unspecified atom stereocenters. The van der Waals surface area contributed by atoms with Crippen LogP contribution < -0.4 is 10.1 Å². The molecular formula is C22H30N2O3. The number of piperidine rings is 1. The number of carbonyl (C=O) groups excluding carboxylic acids is 1. The topological polar surface area (TPSA) is 54.7 Å². The van der Waals surface area contributed by atoms with E-state index in [9.17, 15) is 4.79 Å². The van der Waals surface area contributed by atoms with Crippen LogP contribution in [0.1, 0.15) is 42.9 Å². The molecule has 1 aromatic carbocycles. The van der Waals surface area contributed by atoms with E-state index in [1.54, 1.807) is 0 Å². The second-order valence-corrected chi connectivity index (χ2v) is 7.59. The lowest BCUT2D eigenvalue weighted by Crippen LogP contribution is -2.42. The van der Waals surface area contributed by atoms with Crippen LogP contribution in [0.5, 0.6) is 5.75 Å². The van der Waals surface area contributed by atoms with E-state index in [0.717, 1.165) is 30.5 Å². The minimum Gasteiger partial charge on any atom is -0.484 e. The van der Waals surface area contributed by atoms with Crippen molar-refractivity contribution in [1.82, 2.24) is 10.2 Å². The van der Waals surface area contributed by atoms with Crippen molar-refractivity contribution in [2.75, 3.05) is 26.2 Å². The maximum Gasteiger partial charge on any atom is 0.258 e. The van der Waals surface area contributed by atoms with Gasteiger partial charge in [0.15, 0.2) is 6.61 Å². The molecule has 3 rings (SSSR count). The number of hydrogen-bond donors (Lipinski definition) is 1. The van der Waals surface area contributed by atoms with Crippen LogP contribution in [0.15, 0.2) is 40.8 Å². The van der Waals surface area contributed by atoms with Crippen LogP contribution in [-0.2, 0) is 4.79 Å². The van der Waals surface area contributed by atoms with Crippen LogP contribution in [-0.4, -0.2) is 37.0 Å². The molecule has 0 bridgehead atoms. The summed E-state index contributed by atoms with van der Waals surface area (Å²) in [6.07, 6.45) is 2.36. The van der Waals surface area contributed by atoms with Gasteiger partial charge in [0.05, 0.1) is 6.04 Å². The average molecular weight is 370 g/mol. The van der Waals surface area contributed by atoms with Gasteiger partial charge in [-0.05, 0) is 70.0 Å². The molecule has 1 atom stereocenters. The molecule has 1 N–H and O–H groups in total. The van der Waals surface area contributed by atoms with Gasteiger partial charge in [0.25, 0.3) is 5.91 Å². The van der Waals surface area contributed by atoms with Gasteiger partial charge in [-0.2, -0.15) is 0 Å². The van der Waals surface area contributed by atoms with Gasteiger partial charge in [-0.3, -0.25) is 9.69 Å². The van der Waals surface area contributed by atoms with Crippen LogP contribution in [0.25, 0.3) is 0 Å². The van der Waals surface area contributed by atoms with E-state index >= 15 is 0 Å². The Morgan fingerprint density at radius 2 is 1.89 bits per heavy atom. The van der Waals surface area contributed by atoms with Crippen molar-refractivity contribution < 1.29 is 13.9 Å². The first kappa shape index (κ1) is 19.5. The first-order valence-corrected chi connectivity index (χ1v) is 9.78. The summed E-state index contributed by atoms with van der Waals surface area (Å²) < 4.78 is 11.4. The van der Waals surface area contributed by atoms with Gasteiger partial charge in [-0.25, -0.2) is 0 Å². The zero-order chi connectivity index (χ0) is 19.2. The van der Waals surface area contributed by atoms with Gasteiger partial charge in [0.1, 0.15) is 17.3 Å². The molecule has 1 aliphatic heterocycles. The van der Waals surface area contributed by atoms with Crippen molar-refractivity contribution >= 4 is 5.91 Å². The molecule has 0 saturated carbocycles. The molecule has 27 heavy (non-hydrogen) atoms. The smallest absolute Gasteiger partial charge is 0.258 e. The lowest BCUT2D eigenvalue weighted by molar-refractivity contribution is -0.123. The Kier molecular flexibility index (Phi) is 6.56. The fourth-order valence-electron chi connectivity index (χ4n) is 3.43. The summed E-state index contributed by atoms with van der Waals surface area (Å²) in [6.45, 7) is 8.87. The monoisotopic (exact) mass is 370 g/mol. The summed E-state index contributed by atoms with van der Waals surface area (Å²) in [5, 5.41) is 3.02. The van der Waals surface area contributed by atoms with Gasteiger partial charge in [-0.15, -0.1) is 0 Å². The van der Waals surface area contributed by atoms with E-state index in [1.807, 2.05) is 50.2 Å². The zero-order valence-electron chi connectivity index (χ0n) is 16.5. The highest BCUT2D eigenvalue weighted by Crippen LogP contribution is 2.27. The number of amides is 1. The number of likely N-dealkylation sites (tertiary alicyclic amines) is 1. The first-order valence-electron chi connectivity index (χ1n) is 9.78. The number of ether oxygens (including phenoxy) is 1. The standard InChI is InChI=1S/C22H30N2O3/c1-16-4-7-19(8-5-16)26-15-22(25)23-14-20(21-9-6-18(3)27-21)24-12-10-17(2)11-13-24/h4-9,17,20H,10-15H2,1-3H3,(H,23,25)/t20-/m1/s1. The third-order valence-electron chi connectivity index (χ3n) is 5.23. The van der Waals surface area contributed by atoms with E-state index in [0.29, 0.717) is 12.3 Å². The molecule has 5 nitrogen and oxygen atoms in total. The molecule has 1 saturated heterocycles. The third kappa shape index (κ3) is 5.60. The molecule has 0 radical (unpaired) electrons. The SMILES string of the molecule is Cc1ccc(OCC(=O)NC[C@H](c2ccc(C)o2)N2CCC(C)CC2)cc1. The largest absolute Gasteiger partial charge is 0.484 e. The predicted octanol–water partition coefficient (Wildman–Crippen LogP) is 3.86. The Morgan fingerprint density at radius 3 is 2.52 bits per heavy atom. The lowest BCUT2D eigenvalue weighted by Gasteiger charge is -2.35. The molecule has 1 amide bonds. The van der Waals surface area contributed by atoms with Crippen molar-refractivity contribution in [2.24, 2.45) is 5.92 Å². The molecule has 2 heterocycles.